The van der Waals surface area contributed by atoms with Crippen LogP contribution in [0.15, 0.2) is 18.2 Å². The van der Waals surface area contributed by atoms with E-state index in [-0.39, 0.29) is 11.0 Å². The summed E-state index contributed by atoms with van der Waals surface area (Å²) in [5.41, 5.74) is -0.00908. The Bertz CT molecular complexity index is 434. The minimum atomic E-state index is -1.71. The van der Waals surface area contributed by atoms with Crippen molar-refractivity contribution in [3.8, 4) is 0 Å². The number of amides is 1. The van der Waals surface area contributed by atoms with Crippen LogP contribution in [0.2, 0.25) is 0 Å². The Kier molecular flexibility index (Phi) is 5.98. The zero-order chi connectivity index (χ0) is 14.4. The largest absolute Gasteiger partial charge is 0.488 e. The number of hydrogen-bond acceptors (Lipinski definition) is 3. The van der Waals surface area contributed by atoms with E-state index in [0.29, 0.717) is 13.1 Å². The molecule has 0 fully saturated rings. The Morgan fingerprint density at radius 2 is 1.84 bits per heavy atom. The molecule has 1 rings (SSSR count). The third kappa shape index (κ3) is 4.04. The lowest BCUT2D eigenvalue weighted by molar-refractivity contribution is 0.0751. The van der Waals surface area contributed by atoms with E-state index in [0.717, 1.165) is 18.9 Å². The van der Waals surface area contributed by atoms with E-state index in [2.05, 4.69) is 0 Å². The maximum atomic E-state index is 13.7. The number of carbonyl (C=O) groups is 1. The van der Waals surface area contributed by atoms with Crippen molar-refractivity contribution in [3.05, 3.63) is 29.6 Å². The smallest absolute Gasteiger partial charge is 0.423 e. The number of rotatable bonds is 6. The summed E-state index contributed by atoms with van der Waals surface area (Å²) in [7, 11) is -1.71. The molecule has 0 spiro atoms. The van der Waals surface area contributed by atoms with Gasteiger partial charge in [0.15, 0.2) is 0 Å². The van der Waals surface area contributed by atoms with E-state index in [4.69, 9.17) is 10.0 Å². The van der Waals surface area contributed by atoms with Gasteiger partial charge in [-0.05, 0) is 30.4 Å². The number of benzene rings is 1. The topological polar surface area (TPSA) is 60.8 Å². The normalized spacial score (nSPS) is 10.4. The summed E-state index contributed by atoms with van der Waals surface area (Å²) < 4.78 is 13.7. The standard InChI is InChI=1S/C13H19BFNO3/c1-3-7-16(8-4-2)13(17)11-9-10(14(18)19)5-6-12(11)15/h5-6,9,18-19H,3-4,7-8H2,1-2H3. The summed E-state index contributed by atoms with van der Waals surface area (Å²) in [5, 5.41) is 18.1. The summed E-state index contributed by atoms with van der Waals surface area (Å²) in [4.78, 5) is 13.8. The lowest BCUT2D eigenvalue weighted by atomic mass is 9.79. The molecule has 104 valence electrons. The summed E-state index contributed by atoms with van der Waals surface area (Å²) in [6.45, 7) is 5.00. The molecule has 0 radical (unpaired) electrons. The van der Waals surface area contributed by atoms with Crippen molar-refractivity contribution in [1.29, 1.82) is 0 Å². The van der Waals surface area contributed by atoms with Gasteiger partial charge in [-0.1, -0.05) is 19.9 Å². The first-order chi connectivity index (χ1) is 9.01. The Hall–Kier alpha value is -1.40. The number of halogens is 1. The van der Waals surface area contributed by atoms with Crippen molar-refractivity contribution in [2.24, 2.45) is 0 Å². The third-order valence-electron chi connectivity index (χ3n) is 2.79. The Morgan fingerprint density at radius 3 is 2.32 bits per heavy atom. The van der Waals surface area contributed by atoms with E-state index in [9.17, 15) is 9.18 Å². The zero-order valence-electron chi connectivity index (χ0n) is 11.3. The van der Waals surface area contributed by atoms with E-state index in [1.165, 1.54) is 12.1 Å². The van der Waals surface area contributed by atoms with Crippen LogP contribution in [0, 0.1) is 5.82 Å². The van der Waals surface area contributed by atoms with E-state index in [1.807, 2.05) is 13.8 Å². The van der Waals surface area contributed by atoms with Crippen LogP contribution in [0.5, 0.6) is 0 Å². The highest BCUT2D eigenvalue weighted by molar-refractivity contribution is 6.58. The summed E-state index contributed by atoms with van der Waals surface area (Å²) in [6.07, 6.45) is 1.57. The Balaban J connectivity index is 3.05. The summed E-state index contributed by atoms with van der Waals surface area (Å²) >= 11 is 0. The molecule has 0 saturated carbocycles. The minimum absolute atomic E-state index is 0.109. The van der Waals surface area contributed by atoms with Gasteiger partial charge >= 0.3 is 7.12 Å². The first kappa shape index (κ1) is 15.7. The summed E-state index contributed by atoms with van der Waals surface area (Å²) in [5.74, 6) is -1.06. The maximum Gasteiger partial charge on any atom is 0.488 e. The van der Waals surface area contributed by atoms with Gasteiger partial charge in [-0.3, -0.25) is 4.79 Å². The van der Waals surface area contributed by atoms with Gasteiger partial charge < -0.3 is 14.9 Å². The second-order valence-electron chi connectivity index (χ2n) is 4.41. The highest BCUT2D eigenvalue weighted by atomic mass is 19.1. The maximum absolute atomic E-state index is 13.7. The molecule has 2 N–H and O–H groups in total. The predicted molar refractivity (Wildman–Crippen MR) is 72.7 cm³/mol. The van der Waals surface area contributed by atoms with Crippen molar-refractivity contribution in [2.45, 2.75) is 26.7 Å². The monoisotopic (exact) mass is 267 g/mol. The molecule has 6 heteroatoms. The molecule has 1 aromatic carbocycles. The average molecular weight is 267 g/mol. The van der Waals surface area contributed by atoms with Crippen LogP contribution in [0.3, 0.4) is 0 Å². The van der Waals surface area contributed by atoms with Gasteiger partial charge in [0.2, 0.25) is 0 Å². The number of nitrogens with zero attached hydrogens (tertiary/aromatic N) is 1. The molecule has 1 amide bonds. The predicted octanol–water partition coefficient (Wildman–Crippen LogP) is 0.768. The van der Waals surface area contributed by atoms with Crippen LogP contribution in [0.1, 0.15) is 37.0 Å². The quantitative estimate of drug-likeness (QED) is 0.748. The Morgan fingerprint density at radius 1 is 1.26 bits per heavy atom. The molecule has 0 saturated heterocycles. The van der Waals surface area contributed by atoms with Crippen LogP contribution < -0.4 is 5.46 Å². The molecule has 0 heterocycles. The molecule has 0 bridgehead atoms. The van der Waals surface area contributed by atoms with Crippen LogP contribution >= 0.6 is 0 Å². The average Bonchev–Trinajstić information content (AvgIpc) is 2.38. The van der Waals surface area contributed by atoms with Crippen LogP contribution in [0.4, 0.5) is 4.39 Å². The molecule has 0 atom stereocenters. The fourth-order valence-electron chi connectivity index (χ4n) is 1.89. The Labute approximate surface area is 113 Å². The van der Waals surface area contributed by atoms with Crippen molar-refractivity contribution in [1.82, 2.24) is 4.90 Å². The first-order valence-corrected chi connectivity index (χ1v) is 6.46. The van der Waals surface area contributed by atoms with Gasteiger partial charge in [0.25, 0.3) is 5.91 Å². The van der Waals surface area contributed by atoms with E-state index >= 15 is 0 Å². The minimum Gasteiger partial charge on any atom is -0.423 e. The van der Waals surface area contributed by atoms with E-state index in [1.54, 1.807) is 4.90 Å². The third-order valence-corrected chi connectivity index (χ3v) is 2.79. The van der Waals surface area contributed by atoms with Gasteiger partial charge in [0.05, 0.1) is 5.56 Å². The van der Waals surface area contributed by atoms with Crippen molar-refractivity contribution in [2.75, 3.05) is 13.1 Å². The molecule has 0 aliphatic heterocycles. The number of hydrogen-bond donors (Lipinski definition) is 2. The van der Waals surface area contributed by atoms with Gasteiger partial charge in [-0.15, -0.1) is 0 Å². The molecule has 0 aliphatic carbocycles. The molecule has 1 aromatic rings. The summed E-state index contributed by atoms with van der Waals surface area (Å²) in [6, 6.07) is 3.53. The molecule has 0 aliphatic rings. The van der Waals surface area contributed by atoms with Crippen LogP contribution in [0.25, 0.3) is 0 Å². The lowest BCUT2D eigenvalue weighted by Gasteiger charge is -2.22. The molecule has 19 heavy (non-hydrogen) atoms. The second kappa shape index (κ2) is 7.26. The molecule has 4 nitrogen and oxygen atoms in total. The molecule has 0 unspecified atom stereocenters. The lowest BCUT2D eigenvalue weighted by Crippen LogP contribution is -2.35. The van der Waals surface area contributed by atoms with Gasteiger partial charge in [0.1, 0.15) is 5.82 Å². The highest BCUT2D eigenvalue weighted by Crippen LogP contribution is 2.10. The second-order valence-corrected chi connectivity index (χ2v) is 4.41. The number of carbonyl (C=O) groups excluding carboxylic acids is 1. The molecular formula is C13H19BFNO3. The van der Waals surface area contributed by atoms with Crippen molar-refractivity contribution >= 4 is 18.5 Å². The van der Waals surface area contributed by atoms with Gasteiger partial charge in [-0.25, -0.2) is 4.39 Å². The SMILES string of the molecule is CCCN(CCC)C(=O)c1cc(B(O)O)ccc1F. The van der Waals surface area contributed by atoms with Crippen LogP contribution in [-0.2, 0) is 0 Å². The van der Waals surface area contributed by atoms with Gasteiger partial charge in [-0.2, -0.15) is 0 Å². The fraction of sp³-hybridized carbons (Fsp3) is 0.462. The van der Waals surface area contributed by atoms with E-state index < -0.39 is 18.8 Å². The van der Waals surface area contributed by atoms with Crippen molar-refractivity contribution in [3.63, 3.8) is 0 Å². The highest BCUT2D eigenvalue weighted by Gasteiger charge is 2.21. The molecule has 0 aromatic heterocycles. The molecular weight excluding hydrogens is 248 g/mol. The fourth-order valence-corrected chi connectivity index (χ4v) is 1.89. The zero-order valence-corrected chi connectivity index (χ0v) is 11.3. The van der Waals surface area contributed by atoms with Crippen molar-refractivity contribution < 1.29 is 19.2 Å². The van der Waals surface area contributed by atoms with Crippen LogP contribution in [-0.4, -0.2) is 41.1 Å². The first-order valence-electron chi connectivity index (χ1n) is 6.46. The van der Waals surface area contributed by atoms with Gasteiger partial charge in [0, 0.05) is 13.1 Å².